The summed E-state index contributed by atoms with van der Waals surface area (Å²) in [6.45, 7) is 5.74. The van der Waals surface area contributed by atoms with Crippen LogP contribution < -0.4 is 0 Å². The van der Waals surface area contributed by atoms with E-state index in [1.54, 1.807) is 12.1 Å². The largest absolute Gasteiger partial charge is 0.304 e. The molecule has 0 N–H and O–H groups in total. The number of hydrogen-bond acceptors (Lipinski definition) is 3. The molecule has 1 aromatic rings. The van der Waals surface area contributed by atoms with Crippen molar-refractivity contribution in [1.29, 1.82) is 5.26 Å². The van der Waals surface area contributed by atoms with Gasteiger partial charge in [-0.15, -0.1) is 0 Å². The lowest BCUT2D eigenvalue weighted by atomic mass is 9.92. The number of nitriles is 1. The zero-order chi connectivity index (χ0) is 14.6. The van der Waals surface area contributed by atoms with E-state index in [9.17, 15) is 9.65 Å². The summed E-state index contributed by atoms with van der Waals surface area (Å²) in [6.07, 6.45) is 1.26. The molecule has 1 fully saturated rings. The molecule has 2 rings (SSSR count). The van der Waals surface area contributed by atoms with Gasteiger partial charge in [0.15, 0.2) is 0 Å². The van der Waals surface area contributed by atoms with Gasteiger partial charge in [-0.3, -0.25) is 4.90 Å². The highest BCUT2D eigenvalue weighted by atomic mass is 19.1. The first-order chi connectivity index (χ1) is 9.55. The molecule has 0 bridgehead atoms. The highest BCUT2D eigenvalue weighted by Crippen LogP contribution is 2.23. The Kier molecular flexibility index (Phi) is 4.74. The van der Waals surface area contributed by atoms with E-state index in [4.69, 9.17) is 0 Å². The minimum absolute atomic E-state index is 0.175. The summed E-state index contributed by atoms with van der Waals surface area (Å²) in [4.78, 5) is 4.50. The molecule has 3 nitrogen and oxygen atoms in total. The molecule has 1 heterocycles. The summed E-state index contributed by atoms with van der Waals surface area (Å²) < 4.78 is 13.7. The Hall–Kier alpha value is -1.44. The van der Waals surface area contributed by atoms with Crippen LogP contribution in [-0.4, -0.2) is 48.6 Å². The van der Waals surface area contributed by atoms with Crippen LogP contribution in [-0.2, 0) is 6.42 Å². The number of piperazine rings is 1. The van der Waals surface area contributed by atoms with Crippen molar-refractivity contribution in [3.05, 3.63) is 35.6 Å². The number of benzene rings is 1. The van der Waals surface area contributed by atoms with Crippen molar-refractivity contribution < 1.29 is 4.39 Å². The Morgan fingerprint density at radius 2 is 1.90 bits per heavy atom. The molecule has 1 atom stereocenters. The molecule has 1 saturated heterocycles. The molecule has 4 heteroatoms. The van der Waals surface area contributed by atoms with Crippen molar-refractivity contribution in [3.63, 3.8) is 0 Å². The maximum absolute atomic E-state index is 13.7. The number of hydrogen-bond donors (Lipinski definition) is 0. The van der Waals surface area contributed by atoms with Crippen LogP contribution in [0.25, 0.3) is 0 Å². The first-order valence-corrected chi connectivity index (χ1v) is 7.13. The number of nitrogens with zero attached hydrogens (tertiary/aromatic N) is 3. The van der Waals surface area contributed by atoms with Gasteiger partial charge in [0.2, 0.25) is 0 Å². The zero-order valence-electron chi connectivity index (χ0n) is 12.3. The van der Waals surface area contributed by atoms with Crippen LogP contribution in [0.1, 0.15) is 18.9 Å². The van der Waals surface area contributed by atoms with Crippen molar-refractivity contribution in [2.75, 3.05) is 33.2 Å². The first kappa shape index (κ1) is 15.0. The van der Waals surface area contributed by atoms with Crippen LogP contribution in [0.3, 0.4) is 0 Å². The van der Waals surface area contributed by atoms with Crippen molar-refractivity contribution in [2.24, 2.45) is 0 Å². The summed E-state index contributed by atoms with van der Waals surface area (Å²) in [5.41, 5.74) is 0.187. The topological polar surface area (TPSA) is 30.3 Å². The second-order valence-electron chi connectivity index (χ2n) is 5.77. The summed E-state index contributed by atoms with van der Waals surface area (Å²) >= 11 is 0. The quantitative estimate of drug-likeness (QED) is 0.844. The van der Waals surface area contributed by atoms with E-state index < -0.39 is 5.54 Å². The maximum atomic E-state index is 13.7. The van der Waals surface area contributed by atoms with Crippen molar-refractivity contribution in [3.8, 4) is 6.07 Å². The summed E-state index contributed by atoms with van der Waals surface area (Å²) in [5.74, 6) is -0.175. The van der Waals surface area contributed by atoms with Crippen molar-refractivity contribution in [2.45, 2.75) is 25.3 Å². The Labute approximate surface area is 120 Å². The highest BCUT2D eigenvalue weighted by Gasteiger charge is 2.33. The summed E-state index contributed by atoms with van der Waals surface area (Å²) in [6, 6.07) is 9.26. The molecular weight excluding hydrogens is 253 g/mol. The predicted octanol–water partition coefficient (Wildman–Crippen LogP) is 2.29. The van der Waals surface area contributed by atoms with E-state index in [2.05, 4.69) is 22.9 Å². The Morgan fingerprint density at radius 3 is 2.50 bits per heavy atom. The zero-order valence-corrected chi connectivity index (χ0v) is 12.3. The molecule has 20 heavy (non-hydrogen) atoms. The lowest BCUT2D eigenvalue weighted by molar-refractivity contribution is 0.0785. The highest BCUT2D eigenvalue weighted by molar-refractivity contribution is 5.19. The van der Waals surface area contributed by atoms with Crippen molar-refractivity contribution in [1.82, 2.24) is 9.80 Å². The van der Waals surface area contributed by atoms with Crippen molar-refractivity contribution >= 4 is 0 Å². The lowest BCUT2D eigenvalue weighted by Gasteiger charge is -2.41. The van der Waals surface area contributed by atoms with E-state index in [0.29, 0.717) is 18.4 Å². The lowest BCUT2D eigenvalue weighted by Crippen LogP contribution is -2.54. The van der Waals surface area contributed by atoms with Gasteiger partial charge in [-0.2, -0.15) is 5.26 Å². The van der Waals surface area contributed by atoms with Gasteiger partial charge in [-0.05, 0) is 38.4 Å². The van der Waals surface area contributed by atoms with E-state index in [1.807, 2.05) is 13.0 Å². The van der Waals surface area contributed by atoms with Crippen LogP contribution in [0.5, 0.6) is 0 Å². The summed E-state index contributed by atoms with van der Waals surface area (Å²) in [7, 11) is 2.10. The number of aryl methyl sites for hydroxylation is 1. The third-order valence-electron chi connectivity index (χ3n) is 4.28. The van der Waals surface area contributed by atoms with Gasteiger partial charge in [-0.1, -0.05) is 18.2 Å². The molecule has 0 amide bonds. The van der Waals surface area contributed by atoms with E-state index in [1.165, 1.54) is 6.07 Å². The minimum atomic E-state index is -0.510. The second kappa shape index (κ2) is 6.34. The SMILES string of the molecule is CN1CCN(C(C)(C#N)CCc2ccccc2F)CC1. The van der Waals surface area contributed by atoms with Gasteiger partial charge in [0.25, 0.3) is 0 Å². The third kappa shape index (κ3) is 3.36. The van der Waals surface area contributed by atoms with E-state index in [0.717, 1.165) is 26.2 Å². The molecule has 0 radical (unpaired) electrons. The average molecular weight is 275 g/mol. The fourth-order valence-corrected chi connectivity index (χ4v) is 2.66. The standard InChI is InChI=1S/C16H22FN3/c1-16(13-18,20-11-9-19(2)10-12-20)8-7-14-5-3-4-6-15(14)17/h3-6H,7-12H2,1-2H3. The molecule has 1 aliphatic heterocycles. The van der Waals surface area contributed by atoms with Crippen LogP contribution in [0.2, 0.25) is 0 Å². The number of likely N-dealkylation sites (N-methyl/N-ethyl adjacent to an activating group) is 1. The maximum Gasteiger partial charge on any atom is 0.126 e. The fourth-order valence-electron chi connectivity index (χ4n) is 2.66. The van der Waals surface area contributed by atoms with Gasteiger partial charge in [-0.25, -0.2) is 4.39 Å². The molecule has 1 aliphatic rings. The molecular formula is C16H22FN3. The molecule has 0 spiro atoms. The van der Waals surface area contributed by atoms with Gasteiger partial charge >= 0.3 is 0 Å². The molecule has 1 unspecified atom stereocenters. The fraction of sp³-hybridized carbons (Fsp3) is 0.562. The van der Waals surface area contributed by atoms with Gasteiger partial charge < -0.3 is 4.90 Å². The first-order valence-electron chi connectivity index (χ1n) is 7.13. The normalized spacial score (nSPS) is 20.3. The Bertz CT molecular complexity index is 489. The number of rotatable bonds is 4. The smallest absolute Gasteiger partial charge is 0.126 e. The van der Waals surface area contributed by atoms with Crippen LogP contribution in [0.15, 0.2) is 24.3 Å². The van der Waals surface area contributed by atoms with Gasteiger partial charge in [0.1, 0.15) is 11.4 Å². The molecule has 0 saturated carbocycles. The van der Waals surface area contributed by atoms with Crippen LogP contribution in [0, 0.1) is 17.1 Å². The van der Waals surface area contributed by atoms with Gasteiger partial charge in [0, 0.05) is 26.2 Å². The van der Waals surface area contributed by atoms with E-state index >= 15 is 0 Å². The molecule has 108 valence electrons. The Balaban J connectivity index is 2.01. The molecule has 0 aromatic heterocycles. The van der Waals surface area contributed by atoms with Crippen LogP contribution in [0.4, 0.5) is 4.39 Å². The molecule has 1 aromatic carbocycles. The minimum Gasteiger partial charge on any atom is -0.304 e. The van der Waals surface area contributed by atoms with Gasteiger partial charge in [0.05, 0.1) is 6.07 Å². The number of halogens is 1. The Morgan fingerprint density at radius 1 is 1.25 bits per heavy atom. The third-order valence-corrected chi connectivity index (χ3v) is 4.28. The summed E-state index contributed by atoms with van der Waals surface area (Å²) in [5, 5.41) is 9.55. The van der Waals surface area contributed by atoms with E-state index in [-0.39, 0.29) is 5.82 Å². The van der Waals surface area contributed by atoms with Crippen LogP contribution >= 0.6 is 0 Å². The molecule has 0 aliphatic carbocycles. The second-order valence-corrected chi connectivity index (χ2v) is 5.77. The monoisotopic (exact) mass is 275 g/mol. The average Bonchev–Trinajstić information content (AvgIpc) is 2.47. The predicted molar refractivity (Wildman–Crippen MR) is 77.8 cm³/mol.